The lowest BCUT2D eigenvalue weighted by Gasteiger charge is -2.52. The minimum atomic E-state index is -0.0766. The van der Waals surface area contributed by atoms with E-state index in [0.29, 0.717) is 5.88 Å². The number of rotatable bonds is 4. The molecule has 23 heavy (non-hydrogen) atoms. The standard InChI is InChI=1S/C17H21N3O3/c1-13-8-18-9-16(19-13)23-14-4-6-22-17(7-14)11-20(12-17)10-15-3-2-5-21-15/h2-3,5,8-9,14H,4,6-7,10-12H2,1H3/t14-/m0/s1. The quantitative estimate of drug-likeness (QED) is 0.862. The van der Waals surface area contributed by atoms with Crippen LogP contribution in [0.3, 0.4) is 0 Å². The van der Waals surface area contributed by atoms with Crippen LogP contribution in [0.15, 0.2) is 35.2 Å². The van der Waals surface area contributed by atoms with Crippen LogP contribution < -0.4 is 4.74 Å². The van der Waals surface area contributed by atoms with Crippen LogP contribution in [0.2, 0.25) is 0 Å². The Morgan fingerprint density at radius 1 is 1.39 bits per heavy atom. The molecule has 122 valence electrons. The number of likely N-dealkylation sites (tertiary alicyclic amines) is 1. The zero-order valence-electron chi connectivity index (χ0n) is 13.3. The highest BCUT2D eigenvalue weighted by Gasteiger charge is 2.48. The zero-order chi connectivity index (χ0) is 15.7. The SMILES string of the molecule is Cc1cncc(O[C@H]2CCOC3(C2)CN(Cc2ccco2)C3)n1. The maximum Gasteiger partial charge on any atom is 0.232 e. The van der Waals surface area contributed by atoms with E-state index in [0.717, 1.165) is 50.5 Å². The van der Waals surface area contributed by atoms with Gasteiger partial charge in [0.15, 0.2) is 0 Å². The van der Waals surface area contributed by atoms with Crippen molar-refractivity contribution in [2.75, 3.05) is 19.7 Å². The van der Waals surface area contributed by atoms with E-state index in [1.807, 2.05) is 19.1 Å². The molecule has 2 aliphatic rings. The molecule has 1 spiro atoms. The van der Waals surface area contributed by atoms with E-state index >= 15 is 0 Å². The molecule has 0 N–H and O–H groups in total. The minimum Gasteiger partial charge on any atom is -0.473 e. The van der Waals surface area contributed by atoms with Gasteiger partial charge < -0.3 is 13.9 Å². The first-order chi connectivity index (χ1) is 11.2. The molecule has 2 fully saturated rings. The van der Waals surface area contributed by atoms with Crippen molar-refractivity contribution in [3.05, 3.63) is 42.2 Å². The summed E-state index contributed by atoms with van der Waals surface area (Å²) in [5.74, 6) is 1.61. The van der Waals surface area contributed by atoms with Crippen LogP contribution in [0.5, 0.6) is 5.88 Å². The summed E-state index contributed by atoms with van der Waals surface area (Å²) in [6, 6.07) is 3.93. The van der Waals surface area contributed by atoms with E-state index in [4.69, 9.17) is 13.9 Å². The molecule has 0 aromatic carbocycles. The molecular formula is C17H21N3O3. The number of hydrogen-bond acceptors (Lipinski definition) is 6. The van der Waals surface area contributed by atoms with Gasteiger partial charge in [0, 0.05) is 32.1 Å². The molecule has 6 nitrogen and oxygen atoms in total. The lowest BCUT2D eigenvalue weighted by molar-refractivity contribution is -0.189. The predicted molar refractivity (Wildman–Crippen MR) is 83.1 cm³/mol. The van der Waals surface area contributed by atoms with Crippen LogP contribution in [0.25, 0.3) is 0 Å². The van der Waals surface area contributed by atoms with Crippen molar-refractivity contribution >= 4 is 0 Å². The van der Waals surface area contributed by atoms with Gasteiger partial charge in [-0.15, -0.1) is 0 Å². The minimum absolute atomic E-state index is 0.0766. The van der Waals surface area contributed by atoms with Crippen LogP contribution >= 0.6 is 0 Å². The number of ether oxygens (including phenoxy) is 2. The monoisotopic (exact) mass is 315 g/mol. The molecular weight excluding hydrogens is 294 g/mol. The second-order valence-electron chi connectivity index (χ2n) is 6.49. The zero-order valence-corrected chi connectivity index (χ0v) is 13.3. The molecule has 2 saturated heterocycles. The van der Waals surface area contributed by atoms with Crippen molar-refractivity contribution in [2.24, 2.45) is 0 Å². The molecule has 0 saturated carbocycles. The van der Waals surface area contributed by atoms with Gasteiger partial charge in [-0.25, -0.2) is 4.98 Å². The molecule has 0 bridgehead atoms. The fraction of sp³-hybridized carbons (Fsp3) is 0.529. The van der Waals surface area contributed by atoms with Gasteiger partial charge in [0.1, 0.15) is 11.9 Å². The van der Waals surface area contributed by atoms with E-state index in [-0.39, 0.29) is 11.7 Å². The molecule has 1 atom stereocenters. The van der Waals surface area contributed by atoms with E-state index in [2.05, 4.69) is 14.9 Å². The second kappa shape index (κ2) is 5.94. The predicted octanol–water partition coefficient (Wildman–Crippen LogP) is 2.19. The van der Waals surface area contributed by atoms with Crippen LogP contribution in [0, 0.1) is 6.92 Å². The van der Waals surface area contributed by atoms with Crippen LogP contribution in [-0.2, 0) is 11.3 Å². The maximum atomic E-state index is 6.05. The van der Waals surface area contributed by atoms with Gasteiger partial charge in [0.05, 0.1) is 36.9 Å². The number of aryl methyl sites for hydroxylation is 1. The molecule has 0 radical (unpaired) electrons. The number of aromatic nitrogens is 2. The summed E-state index contributed by atoms with van der Waals surface area (Å²) in [6.45, 7) is 5.34. The van der Waals surface area contributed by atoms with Gasteiger partial charge in [-0.1, -0.05) is 0 Å². The first kappa shape index (κ1) is 14.7. The Morgan fingerprint density at radius 3 is 3.09 bits per heavy atom. The van der Waals surface area contributed by atoms with Crippen molar-refractivity contribution in [3.63, 3.8) is 0 Å². The largest absolute Gasteiger partial charge is 0.473 e. The second-order valence-corrected chi connectivity index (χ2v) is 6.49. The Bertz CT molecular complexity index is 653. The van der Waals surface area contributed by atoms with Crippen molar-refractivity contribution < 1.29 is 13.9 Å². The van der Waals surface area contributed by atoms with Crippen LogP contribution in [0.1, 0.15) is 24.3 Å². The third-order valence-electron chi connectivity index (χ3n) is 4.45. The summed E-state index contributed by atoms with van der Waals surface area (Å²) in [4.78, 5) is 10.9. The molecule has 4 rings (SSSR count). The summed E-state index contributed by atoms with van der Waals surface area (Å²) in [5, 5.41) is 0. The van der Waals surface area contributed by atoms with E-state index < -0.39 is 0 Å². The molecule has 0 unspecified atom stereocenters. The molecule has 0 amide bonds. The molecule has 4 heterocycles. The Labute approximate surface area is 135 Å². The van der Waals surface area contributed by atoms with Gasteiger partial charge in [0.2, 0.25) is 5.88 Å². The number of furan rings is 1. The fourth-order valence-corrected chi connectivity index (χ4v) is 3.48. The Hall–Kier alpha value is -1.92. The molecule has 0 aliphatic carbocycles. The lowest BCUT2D eigenvalue weighted by Crippen LogP contribution is -2.65. The third kappa shape index (κ3) is 3.23. The Morgan fingerprint density at radius 2 is 2.30 bits per heavy atom. The fourth-order valence-electron chi connectivity index (χ4n) is 3.48. The van der Waals surface area contributed by atoms with Gasteiger partial charge in [-0.05, 0) is 19.1 Å². The van der Waals surface area contributed by atoms with Gasteiger partial charge in [0.25, 0.3) is 0 Å². The summed E-state index contributed by atoms with van der Waals surface area (Å²) < 4.78 is 17.5. The van der Waals surface area contributed by atoms with Crippen molar-refractivity contribution in [2.45, 2.75) is 38.0 Å². The highest BCUT2D eigenvalue weighted by molar-refractivity contribution is 5.09. The van der Waals surface area contributed by atoms with Crippen LogP contribution in [0.4, 0.5) is 0 Å². The molecule has 2 aliphatic heterocycles. The Kier molecular flexibility index (Phi) is 3.79. The lowest BCUT2D eigenvalue weighted by atomic mass is 9.84. The highest BCUT2D eigenvalue weighted by Crippen LogP contribution is 2.36. The van der Waals surface area contributed by atoms with Gasteiger partial charge in [-0.2, -0.15) is 0 Å². The normalized spacial score (nSPS) is 23.6. The number of nitrogens with zero attached hydrogens (tertiary/aromatic N) is 3. The highest BCUT2D eigenvalue weighted by atomic mass is 16.5. The first-order valence-electron chi connectivity index (χ1n) is 8.05. The van der Waals surface area contributed by atoms with E-state index in [9.17, 15) is 0 Å². The summed E-state index contributed by atoms with van der Waals surface area (Å²) >= 11 is 0. The first-order valence-corrected chi connectivity index (χ1v) is 8.05. The number of hydrogen-bond donors (Lipinski definition) is 0. The Balaban J connectivity index is 1.33. The topological polar surface area (TPSA) is 60.6 Å². The average molecular weight is 315 g/mol. The van der Waals surface area contributed by atoms with E-state index in [1.54, 1.807) is 18.7 Å². The third-order valence-corrected chi connectivity index (χ3v) is 4.45. The molecule has 2 aromatic rings. The summed E-state index contributed by atoms with van der Waals surface area (Å²) in [7, 11) is 0. The summed E-state index contributed by atoms with van der Waals surface area (Å²) in [5.41, 5.74) is 0.796. The molecule has 2 aromatic heterocycles. The van der Waals surface area contributed by atoms with E-state index in [1.165, 1.54) is 0 Å². The smallest absolute Gasteiger partial charge is 0.232 e. The van der Waals surface area contributed by atoms with Crippen molar-refractivity contribution in [1.29, 1.82) is 0 Å². The van der Waals surface area contributed by atoms with Gasteiger partial charge >= 0.3 is 0 Å². The maximum absolute atomic E-state index is 6.05. The van der Waals surface area contributed by atoms with Crippen molar-refractivity contribution in [3.8, 4) is 5.88 Å². The summed E-state index contributed by atoms with van der Waals surface area (Å²) in [6.07, 6.45) is 7.07. The van der Waals surface area contributed by atoms with Crippen LogP contribution in [-0.4, -0.2) is 46.3 Å². The van der Waals surface area contributed by atoms with Gasteiger partial charge in [-0.3, -0.25) is 9.88 Å². The van der Waals surface area contributed by atoms with Crippen molar-refractivity contribution in [1.82, 2.24) is 14.9 Å². The molecule has 6 heteroatoms. The average Bonchev–Trinajstić information content (AvgIpc) is 2.99.